The quantitative estimate of drug-likeness (QED) is 0.866. The number of aliphatic hydroxyl groups is 1. The maximum absolute atomic E-state index is 9.06. The molecule has 0 heterocycles. The van der Waals surface area contributed by atoms with E-state index in [0.29, 0.717) is 0 Å². The van der Waals surface area contributed by atoms with Crippen LogP contribution in [0.3, 0.4) is 0 Å². The fourth-order valence-corrected chi connectivity index (χ4v) is 1.59. The lowest BCUT2D eigenvalue weighted by atomic mass is 10.0. The van der Waals surface area contributed by atoms with E-state index in [0.717, 1.165) is 17.1 Å². The van der Waals surface area contributed by atoms with Gasteiger partial charge in [-0.2, -0.15) is 0 Å². The Morgan fingerprint density at radius 2 is 1.53 bits per heavy atom. The van der Waals surface area contributed by atoms with Gasteiger partial charge in [0, 0.05) is 12.5 Å². The van der Waals surface area contributed by atoms with E-state index in [4.69, 9.17) is 9.84 Å². The third kappa shape index (κ3) is 3.08. The fraction of sp³-hybridized carbons (Fsp3) is 0.200. The van der Waals surface area contributed by atoms with Gasteiger partial charge in [-0.3, -0.25) is 0 Å². The number of benzene rings is 2. The van der Waals surface area contributed by atoms with Gasteiger partial charge < -0.3 is 9.84 Å². The minimum Gasteiger partial charge on any atom is -0.457 e. The van der Waals surface area contributed by atoms with Gasteiger partial charge in [-0.15, -0.1) is 0 Å². The smallest absolute Gasteiger partial charge is 0.127 e. The van der Waals surface area contributed by atoms with Crippen molar-refractivity contribution in [1.82, 2.24) is 0 Å². The minimum absolute atomic E-state index is 0.166. The van der Waals surface area contributed by atoms with E-state index in [2.05, 4.69) is 0 Å². The molecule has 1 N–H and O–H groups in total. The van der Waals surface area contributed by atoms with E-state index in [9.17, 15) is 0 Å². The molecule has 0 aliphatic carbocycles. The summed E-state index contributed by atoms with van der Waals surface area (Å²) in [4.78, 5) is 0. The zero-order valence-corrected chi connectivity index (χ0v) is 9.84. The fourth-order valence-electron chi connectivity index (χ4n) is 1.59. The summed E-state index contributed by atoms with van der Waals surface area (Å²) in [5.41, 5.74) is 1.12. The molecule has 2 aromatic rings. The molecule has 0 bridgehead atoms. The van der Waals surface area contributed by atoms with Crippen LogP contribution in [-0.4, -0.2) is 11.7 Å². The third-order valence-electron chi connectivity index (χ3n) is 2.70. The second kappa shape index (κ2) is 5.51. The Labute approximate surface area is 101 Å². The summed E-state index contributed by atoms with van der Waals surface area (Å²) in [6.07, 6.45) is 0. The highest BCUT2D eigenvalue weighted by molar-refractivity contribution is 5.33. The summed E-state index contributed by atoms with van der Waals surface area (Å²) < 4.78 is 5.68. The van der Waals surface area contributed by atoms with Gasteiger partial charge in [0.2, 0.25) is 0 Å². The van der Waals surface area contributed by atoms with Gasteiger partial charge in [0.25, 0.3) is 0 Å². The van der Waals surface area contributed by atoms with Crippen molar-refractivity contribution in [3.63, 3.8) is 0 Å². The molecule has 2 aromatic carbocycles. The Kier molecular flexibility index (Phi) is 3.78. The Morgan fingerprint density at radius 3 is 2.12 bits per heavy atom. The number of para-hydroxylation sites is 1. The van der Waals surface area contributed by atoms with E-state index < -0.39 is 0 Å². The van der Waals surface area contributed by atoms with Crippen LogP contribution in [0.15, 0.2) is 54.6 Å². The summed E-state index contributed by atoms with van der Waals surface area (Å²) in [7, 11) is 0. The first-order valence-corrected chi connectivity index (χ1v) is 5.73. The second-order valence-electron chi connectivity index (χ2n) is 4.07. The molecule has 0 radical (unpaired) electrons. The van der Waals surface area contributed by atoms with Gasteiger partial charge >= 0.3 is 0 Å². The van der Waals surface area contributed by atoms with Crippen LogP contribution in [0.2, 0.25) is 0 Å². The maximum Gasteiger partial charge on any atom is 0.127 e. The van der Waals surface area contributed by atoms with Crippen LogP contribution < -0.4 is 4.74 Å². The molecular weight excluding hydrogens is 212 g/mol. The van der Waals surface area contributed by atoms with Gasteiger partial charge in [-0.05, 0) is 29.8 Å². The normalized spacial score (nSPS) is 12.1. The number of hydrogen-bond acceptors (Lipinski definition) is 2. The average Bonchev–Trinajstić information content (AvgIpc) is 2.40. The van der Waals surface area contributed by atoms with E-state index in [1.54, 1.807) is 0 Å². The number of aliphatic hydroxyl groups excluding tert-OH is 1. The van der Waals surface area contributed by atoms with Crippen molar-refractivity contribution in [2.45, 2.75) is 12.8 Å². The predicted octanol–water partition coefficient (Wildman–Crippen LogP) is 3.57. The Hall–Kier alpha value is -1.80. The van der Waals surface area contributed by atoms with Gasteiger partial charge in [0.05, 0.1) is 0 Å². The molecule has 0 saturated heterocycles. The van der Waals surface area contributed by atoms with E-state index in [1.807, 2.05) is 61.5 Å². The zero-order chi connectivity index (χ0) is 12.1. The molecule has 2 rings (SSSR count). The molecule has 0 fully saturated rings. The van der Waals surface area contributed by atoms with Crippen LogP contribution in [0.4, 0.5) is 0 Å². The number of rotatable bonds is 4. The van der Waals surface area contributed by atoms with Crippen molar-refractivity contribution in [2.75, 3.05) is 6.61 Å². The van der Waals surface area contributed by atoms with Crippen molar-refractivity contribution in [1.29, 1.82) is 0 Å². The molecule has 0 aliphatic heterocycles. The Balaban J connectivity index is 2.08. The largest absolute Gasteiger partial charge is 0.457 e. The number of ether oxygens (including phenoxy) is 1. The summed E-state index contributed by atoms with van der Waals surface area (Å²) in [6.45, 7) is 2.16. The first-order chi connectivity index (χ1) is 8.29. The van der Waals surface area contributed by atoms with Crippen LogP contribution >= 0.6 is 0 Å². The van der Waals surface area contributed by atoms with Crippen molar-refractivity contribution < 1.29 is 9.84 Å². The molecule has 2 heteroatoms. The summed E-state index contributed by atoms with van der Waals surface area (Å²) in [5, 5.41) is 9.06. The summed E-state index contributed by atoms with van der Waals surface area (Å²) in [5.74, 6) is 1.81. The lowest BCUT2D eigenvalue weighted by Crippen LogP contribution is -1.98. The highest BCUT2D eigenvalue weighted by atomic mass is 16.5. The highest BCUT2D eigenvalue weighted by Gasteiger charge is 2.03. The van der Waals surface area contributed by atoms with E-state index in [1.165, 1.54) is 0 Å². The summed E-state index contributed by atoms with van der Waals surface area (Å²) >= 11 is 0. The van der Waals surface area contributed by atoms with Crippen molar-refractivity contribution in [2.24, 2.45) is 0 Å². The first-order valence-electron chi connectivity index (χ1n) is 5.73. The molecule has 0 aromatic heterocycles. The minimum atomic E-state index is 0.166. The Morgan fingerprint density at radius 1 is 0.941 bits per heavy atom. The second-order valence-corrected chi connectivity index (χ2v) is 4.07. The van der Waals surface area contributed by atoms with Crippen LogP contribution in [0.1, 0.15) is 18.4 Å². The van der Waals surface area contributed by atoms with E-state index in [-0.39, 0.29) is 12.5 Å². The van der Waals surface area contributed by atoms with Gasteiger partial charge in [-0.25, -0.2) is 0 Å². The van der Waals surface area contributed by atoms with Gasteiger partial charge in [-0.1, -0.05) is 37.3 Å². The Bertz CT molecular complexity index is 448. The van der Waals surface area contributed by atoms with Crippen LogP contribution in [-0.2, 0) is 0 Å². The lowest BCUT2D eigenvalue weighted by molar-refractivity contribution is 0.273. The molecule has 88 valence electrons. The zero-order valence-electron chi connectivity index (χ0n) is 9.84. The van der Waals surface area contributed by atoms with Gasteiger partial charge in [0.15, 0.2) is 0 Å². The van der Waals surface area contributed by atoms with Crippen molar-refractivity contribution in [3.05, 3.63) is 60.2 Å². The summed E-state index contributed by atoms with van der Waals surface area (Å²) in [6, 6.07) is 17.5. The molecule has 0 amide bonds. The average molecular weight is 228 g/mol. The third-order valence-corrected chi connectivity index (χ3v) is 2.70. The molecule has 1 unspecified atom stereocenters. The van der Waals surface area contributed by atoms with Crippen molar-refractivity contribution in [3.8, 4) is 11.5 Å². The van der Waals surface area contributed by atoms with Crippen molar-refractivity contribution >= 4 is 0 Å². The molecule has 0 aliphatic rings. The van der Waals surface area contributed by atoms with Gasteiger partial charge in [0.1, 0.15) is 11.5 Å². The highest BCUT2D eigenvalue weighted by Crippen LogP contribution is 2.23. The first kappa shape index (κ1) is 11.7. The van der Waals surface area contributed by atoms with Crippen LogP contribution in [0.5, 0.6) is 11.5 Å². The van der Waals surface area contributed by atoms with E-state index >= 15 is 0 Å². The lowest BCUT2D eigenvalue weighted by Gasteiger charge is -2.10. The molecule has 1 atom stereocenters. The molecular formula is C15H16O2. The topological polar surface area (TPSA) is 29.5 Å². The SMILES string of the molecule is CC(CO)c1ccc(Oc2ccccc2)cc1. The molecule has 2 nitrogen and oxygen atoms in total. The number of hydrogen-bond donors (Lipinski definition) is 1. The van der Waals surface area contributed by atoms with Crippen LogP contribution in [0, 0.1) is 0 Å². The molecule has 0 spiro atoms. The predicted molar refractivity (Wildman–Crippen MR) is 68.5 cm³/mol. The molecule has 17 heavy (non-hydrogen) atoms. The monoisotopic (exact) mass is 228 g/mol. The standard InChI is InChI=1S/C15H16O2/c1-12(11-16)13-7-9-15(10-8-13)17-14-5-3-2-4-6-14/h2-10,12,16H,11H2,1H3. The molecule has 0 saturated carbocycles. The van der Waals surface area contributed by atoms with Crippen LogP contribution in [0.25, 0.3) is 0 Å². The maximum atomic E-state index is 9.06.